The molecule has 1 fully saturated rings. The van der Waals surface area contributed by atoms with Gasteiger partial charge in [-0.2, -0.15) is 0 Å². The van der Waals surface area contributed by atoms with Gasteiger partial charge in [0.05, 0.1) is 4.90 Å². The third-order valence-electron chi connectivity index (χ3n) is 6.12. The summed E-state index contributed by atoms with van der Waals surface area (Å²) in [5.74, 6) is -0.463. The second kappa shape index (κ2) is 7.31. The van der Waals surface area contributed by atoms with Crippen molar-refractivity contribution in [1.29, 1.82) is 0 Å². The number of imide groups is 1. The first-order chi connectivity index (χ1) is 15.5. The molecule has 2 aromatic carbocycles. The number of benzene rings is 2. The molecule has 1 saturated heterocycles. The summed E-state index contributed by atoms with van der Waals surface area (Å²) in [6, 6.07) is 8.76. The molecule has 0 spiro atoms. The highest BCUT2D eigenvalue weighted by Crippen LogP contribution is 2.36. The quantitative estimate of drug-likeness (QED) is 0.660. The summed E-state index contributed by atoms with van der Waals surface area (Å²) in [4.78, 5) is 38.0. The number of carbonyl (C=O) groups is 3. The standard InChI is InChI=1S/C23H23N3O6S/c1-23(2)11-13-10-16(4-7-19(13)32-23)33(30,31)25-15-3-5-17-14(9-15)12-26(22(17)29)18-6-8-20(27)24-21(18)28/h3-5,7,9-10,18,25H,6,8,11-12H2,1-2H3,(H,24,27,28). The second-order valence-corrected chi connectivity index (χ2v) is 10.9. The Hall–Kier alpha value is -3.40. The molecular formula is C23H23N3O6S. The van der Waals surface area contributed by atoms with E-state index < -0.39 is 22.0 Å². The normalized spacial score (nSPS) is 21.3. The molecule has 2 N–H and O–H groups in total. The van der Waals surface area contributed by atoms with Crippen LogP contribution in [0.1, 0.15) is 48.2 Å². The second-order valence-electron chi connectivity index (χ2n) is 9.19. The molecule has 5 rings (SSSR count). The van der Waals surface area contributed by atoms with E-state index in [9.17, 15) is 22.8 Å². The Morgan fingerprint density at radius 2 is 1.88 bits per heavy atom. The molecule has 1 unspecified atom stereocenters. The van der Waals surface area contributed by atoms with Gasteiger partial charge in [0, 0.05) is 30.6 Å². The Bertz CT molecular complexity index is 1320. The predicted octanol–water partition coefficient (Wildman–Crippen LogP) is 1.96. The number of fused-ring (bicyclic) bond motifs is 2. The van der Waals surface area contributed by atoms with E-state index in [1.807, 2.05) is 13.8 Å². The van der Waals surface area contributed by atoms with Crippen LogP contribution in [0.2, 0.25) is 0 Å². The smallest absolute Gasteiger partial charge is 0.261 e. The van der Waals surface area contributed by atoms with Crippen molar-refractivity contribution in [3.8, 4) is 5.75 Å². The monoisotopic (exact) mass is 469 g/mol. The van der Waals surface area contributed by atoms with E-state index in [1.54, 1.807) is 24.3 Å². The minimum absolute atomic E-state index is 0.129. The number of rotatable bonds is 4. The zero-order valence-corrected chi connectivity index (χ0v) is 19.0. The molecule has 0 radical (unpaired) electrons. The third-order valence-corrected chi connectivity index (χ3v) is 7.50. The molecule has 1 atom stereocenters. The van der Waals surface area contributed by atoms with E-state index in [0.29, 0.717) is 29.0 Å². The highest BCUT2D eigenvalue weighted by Gasteiger charge is 2.39. The summed E-state index contributed by atoms with van der Waals surface area (Å²) in [5, 5.41) is 2.26. The third kappa shape index (κ3) is 3.84. The highest BCUT2D eigenvalue weighted by atomic mass is 32.2. The van der Waals surface area contributed by atoms with Crippen molar-refractivity contribution in [2.45, 2.75) is 56.2 Å². The topological polar surface area (TPSA) is 122 Å². The summed E-state index contributed by atoms with van der Waals surface area (Å²) in [6.07, 6.45) is 1.05. The van der Waals surface area contributed by atoms with Crippen molar-refractivity contribution in [2.24, 2.45) is 0 Å². The van der Waals surface area contributed by atoms with Crippen LogP contribution in [0.25, 0.3) is 0 Å². The number of ether oxygens (including phenoxy) is 1. The van der Waals surface area contributed by atoms with Crippen LogP contribution in [0.15, 0.2) is 41.3 Å². The summed E-state index contributed by atoms with van der Waals surface area (Å²) < 4.78 is 34.4. The fourth-order valence-corrected chi connectivity index (χ4v) is 5.70. The molecule has 10 heteroatoms. The number of piperidine rings is 1. The lowest BCUT2D eigenvalue weighted by Crippen LogP contribution is -2.52. The zero-order chi connectivity index (χ0) is 23.5. The highest BCUT2D eigenvalue weighted by molar-refractivity contribution is 7.92. The minimum Gasteiger partial charge on any atom is -0.487 e. The molecule has 9 nitrogen and oxygen atoms in total. The van der Waals surface area contributed by atoms with Crippen LogP contribution in [0.4, 0.5) is 5.69 Å². The van der Waals surface area contributed by atoms with Crippen molar-refractivity contribution < 1.29 is 27.5 Å². The Labute approximate surface area is 191 Å². The average Bonchev–Trinajstić information content (AvgIpc) is 3.21. The van der Waals surface area contributed by atoms with Crippen LogP contribution in [-0.4, -0.2) is 42.7 Å². The van der Waals surface area contributed by atoms with Gasteiger partial charge < -0.3 is 9.64 Å². The van der Waals surface area contributed by atoms with E-state index in [-0.39, 0.29) is 41.7 Å². The number of carbonyl (C=O) groups excluding carboxylic acids is 3. The molecule has 0 saturated carbocycles. The van der Waals surface area contributed by atoms with Gasteiger partial charge in [-0.05, 0) is 67.8 Å². The van der Waals surface area contributed by atoms with Crippen LogP contribution in [0.5, 0.6) is 5.75 Å². The van der Waals surface area contributed by atoms with E-state index in [2.05, 4.69) is 10.0 Å². The number of sulfonamides is 1. The summed E-state index contributed by atoms with van der Waals surface area (Å²) in [7, 11) is -3.86. The number of nitrogens with one attached hydrogen (secondary N) is 2. The lowest BCUT2D eigenvalue weighted by Gasteiger charge is -2.29. The SMILES string of the molecule is CC1(C)Cc2cc(S(=O)(=O)Nc3ccc4c(c3)CN(C3CCC(=O)NC3=O)C4=O)ccc2O1. The molecule has 3 aliphatic heterocycles. The van der Waals surface area contributed by atoms with Crippen LogP contribution in [-0.2, 0) is 32.6 Å². The first-order valence-electron chi connectivity index (χ1n) is 10.6. The van der Waals surface area contributed by atoms with Gasteiger partial charge >= 0.3 is 0 Å². The molecule has 3 aliphatic rings. The van der Waals surface area contributed by atoms with Gasteiger partial charge in [-0.3, -0.25) is 24.4 Å². The van der Waals surface area contributed by atoms with Crippen LogP contribution < -0.4 is 14.8 Å². The summed E-state index contributed by atoms with van der Waals surface area (Å²) in [5.41, 5.74) is 1.82. The fraction of sp³-hybridized carbons (Fsp3) is 0.348. The molecular weight excluding hydrogens is 446 g/mol. The lowest BCUT2D eigenvalue weighted by atomic mass is 10.0. The number of nitrogens with zero attached hydrogens (tertiary/aromatic N) is 1. The lowest BCUT2D eigenvalue weighted by molar-refractivity contribution is -0.136. The summed E-state index contributed by atoms with van der Waals surface area (Å²) in [6.45, 7) is 4.06. The molecule has 2 aromatic rings. The Balaban J connectivity index is 1.36. The van der Waals surface area contributed by atoms with Crippen molar-refractivity contribution in [2.75, 3.05) is 4.72 Å². The van der Waals surface area contributed by atoms with Crippen LogP contribution >= 0.6 is 0 Å². The predicted molar refractivity (Wildman–Crippen MR) is 118 cm³/mol. The van der Waals surface area contributed by atoms with Gasteiger partial charge in [-0.25, -0.2) is 8.42 Å². The molecule has 172 valence electrons. The Morgan fingerprint density at radius 3 is 2.64 bits per heavy atom. The van der Waals surface area contributed by atoms with Gasteiger partial charge in [-0.15, -0.1) is 0 Å². The van der Waals surface area contributed by atoms with E-state index in [0.717, 1.165) is 5.56 Å². The van der Waals surface area contributed by atoms with Crippen molar-refractivity contribution in [3.63, 3.8) is 0 Å². The fourth-order valence-electron chi connectivity index (χ4n) is 4.61. The molecule has 0 aliphatic carbocycles. The van der Waals surface area contributed by atoms with Gasteiger partial charge in [0.2, 0.25) is 11.8 Å². The maximum Gasteiger partial charge on any atom is 0.261 e. The van der Waals surface area contributed by atoms with Gasteiger partial charge in [-0.1, -0.05) is 0 Å². The first-order valence-corrected chi connectivity index (χ1v) is 12.1. The molecule has 33 heavy (non-hydrogen) atoms. The van der Waals surface area contributed by atoms with Crippen LogP contribution in [0, 0.1) is 0 Å². The van der Waals surface area contributed by atoms with Gasteiger partial charge in [0.1, 0.15) is 17.4 Å². The van der Waals surface area contributed by atoms with Gasteiger partial charge in [0.15, 0.2) is 0 Å². The number of anilines is 1. The molecule has 3 heterocycles. The average molecular weight is 470 g/mol. The summed E-state index contributed by atoms with van der Waals surface area (Å²) >= 11 is 0. The maximum absolute atomic E-state index is 13.0. The maximum atomic E-state index is 13.0. The molecule has 0 bridgehead atoms. The largest absolute Gasteiger partial charge is 0.487 e. The van der Waals surface area contributed by atoms with Crippen molar-refractivity contribution in [1.82, 2.24) is 10.2 Å². The van der Waals surface area contributed by atoms with Crippen molar-refractivity contribution in [3.05, 3.63) is 53.1 Å². The van der Waals surface area contributed by atoms with E-state index in [4.69, 9.17) is 4.74 Å². The van der Waals surface area contributed by atoms with Crippen molar-refractivity contribution >= 4 is 33.4 Å². The Morgan fingerprint density at radius 1 is 1.09 bits per heavy atom. The molecule has 0 aromatic heterocycles. The number of amides is 3. The number of hydrogen-bond donors (Lipinski definition) is 2. The van der Waals surface area contributed by atoms with E-state index >= 15 is 0 Å². The van der Waals surface area contributed by atoms with Gasteiger partial charge in [0.25, 0.3) is 15.9 Å². The number of hydrogen-bond acceptors (Lipinski definition) is 6. The van der Waals surface area contributed by atoms with Crippen LogP contribution in [0.3, 0.4) is 0 Å². The molecule has 3 amide bonds. The zero-order valence-electron chi connectivity index (χ0n) is 18.2. The Kier molecular flexibility index (Phi) is 4.75. The van der Waals surface area contributed by atoms with E-state index in [1.165, 1.54) is 17.0 Å². The minimum atomic E-state index is -3.86. The first kappa shape index (κ1) is 21.4.